The Bertz CT molecular complexity index is 555. The van der Waals surface area contributed by atoms with Crippen LogP contribution in [0.15, 0.2) is 11.4 Å². The van der Waals surface area contributed by atoms with Gasteiger partial charge in [0.15, 0.2) is 6.04 Å². The molecule has 1 aromatic heterocycles. The maximum Gasteiger partial charge on any atom is 0.331 e. The first-order chi connectivity index (χ1) is 9.79. The van der Waals surface area contributed by atoms with Gasteiger partial charge in [0, 0.05) is 18.5 Å². The first-order valence-corrected chi connectivity index (χ1v) is 7.62. The lowest BCUT2D eigenvalue weighted by molar-refractivity contribution is -0.143. The van der Waals surface area contributed by atoms with Gasteiger partial charge in [-0.05, 0) is 37.3 Å². The first-order valence-electron chi connectivity index (χ1n) is 6.74. The summed E-state index contributed by atoms with van der Waals surface area (Å²) in [4.78, 5) is 28.0. The highest BCUT2D eigenvalue weighted by Crippen LogP contribution is 2.34. The molecule has 0 fully saturated rings. The second-order valence-electron chi connectivity index (χ2n) is 5.80. The molecule has 1 aromatic rings. The second kappa shape index (κ2) is 5.65. The number of carbonyl (C=O) groups excluding carboxylic acids is 1. The van der Waals surface area contributed by atoms with Crippen LogP contribution in [0, 0.1) is 0 Å². The number of urea groups is 1. The van der Waals surface area contributed by atoms with Gasteiger partial charge >= 0.3 is 12.0 Å². The Morgan fingerprint density at radius 3 is 2.76 bits per heavy atom. The molecule has 0 aliphatic carbocycles. The molecule has 7 heteroatoms. The predicted molar refractivity (Wildman–Crippen MR) is 79.4 cm³/mol. The van der Waals surface area contributed by atoms with E-state index in [2.05, 4.69) is 0 Å². The summed E-state index contributed by atoms with van der Waals surface area (Å²) < 4.78 is 0. The van der Waals surface area contributed by atoms with E-state index in [4.69, 9.17) is 0 Å². The van der Waals surface area contributed by atoms with Crippen molar-refractivity contribution in [1.29, 1.82) is 0 Å². The van der Waals surface area contributed by atoms with Gasteiger partial charge in [-0.1, -0.05) is 0 Å². The molecule has 2 heterocycles. The molecule has 116 valence electrons. The summed E-state index contributed by atoms with van der Waals surface area (Å²) in [6.07, 6.45) is 0.663. The lowest BCUT2D eigenvalue weighted by atomic mass is 9.99. The number of aliphatic hydroxyl groups is 1. The summed E-state index contributed by atoms with van der Waals surface area (Å²) in [5.41, 5.74) is -0.0444. The molecule has 0 saturated heterocycles. The highest BCUT2D eigenvalue weighted by Gasteiger charge is 2.40. The van der Waals surface area contributed by atoms with Gasteiger partial charge in [0.25, 0.3) is 0 Å². The number of likely N-dealkylation sites (N-methyl/N-ethyl adjacent to an activating group) is 1. The molecule has 1 unspecified atom stereocenters. The molecule has 0 spiro atoms. The molecule has 21 heavy (non-hydrogen) atoms. The zero-order valence-corrected chi connectivity index (χ0v) is 13.2. The third-order valence-corrected chi connectivity index (χ3v) is 5.02. The van der Waals surface area contributed by atoms with E-state index in [1.165, 1.54) is 21.1 Å². The molecule has 1 aliphatic heterocycles. The minimum Gasteiger partial charge on any atom is -0.479 e. The fourth-order valence-corrected chi connectivity index (χ4v) is 3.25. The highest BCUT2D eigenvalue weighted by molar-refractivity contribution is 7.10. The number of amides is 2. The van der Waals surface area contributed by atoms with Crippen molar-refractivity contribution in [1.82, 2.24) is 9.80 Å². The Morgan fingerprint density at radius 2 is 2.19 bits per heavy atom. The van der Waals surface area contributed by atoms with Gasteiger partial charge in [0.05, 0.1) is 12.1 Å². The van der Waals surface area contributed by atoms with Crippen molar-refractivity contribution >= 4 is 23.3 Å². The van der Waals surface area contributed by atoms with Crippen LogP contribution < -0.4 is 0 Å². The molecule has 1 aliphatic rings. The van der Waals surface area contributed by atoms with Crippen LogP contribution in [0.1, 0.15) is 30.3 Å². The molecule has 6 nitrogen and oxygen atoms in total. The van der Waals surface area contributed by atoms with E-state index in [0.717, 1.165) is 4.88 Å². The minimum atomic E-state index is -1.03. The van der Waals surface area contributed by atoms with Crippen molar-refractivity contribution < 1.29 is 19.8 Å². The molecule has 2 N–H and O–H groups in total. The maximum absolute atomic E-state index is 12.6. The predicted octanol–water partition coefficient (Wildman–Crippen LogP) is 1.55. The smallest absolute Gasteiger partial charge is 0.331 e. The number of hydrogen-bond donors (Lipinski definition) is 2. The Hall–Kier alpha value is -1.60. The summed E-state index contributed by atoms with van der Waals surface area (Å²) in [6, 6.07) is 0.442. The van der Waals surface area contributed by atoms with Crippen LogP contribution in [0.4, 0.5) is 4.79 Å². The summed E-state index contributed by atoms with van der Waals surface area (Å²) in [6.45, 7) is 3.65. The highest BCUT2D eigenvalue weighted by atomic mass is 32.1. The monoisotopic (exact) mass is 312 g/mol. The fourth-order valence-electron chi connectivity index (χ4n) is 2.35. The Morgan fingerprint density at radius 1 is 1.52 bits per heavy atom. The summed E-state index contributed by atoms with van der Waals surface area (Å²) in [5.74, 6) is -1.03. The summed E-state index contributed by atoms with van der Waals surface area (Å²) in [5, 5.41) is 20.7. The van der Waals surface area contributed by atoms with Crippen molar-refractivity contribution in [3.05, 3.63) is 21.9 Å². The Kier molecular flexibility index (Phi) is 4.25. The Labute approximate surface area is 127 Å². The number of nitrogens with zero attached hydrogens (tertiary/aromatic N) is 2. The standard InChI is InChI=1S/C14H20N2O4S/c1-14(2,8-17)15(3)13(20)16-6-4-10-9(5-7-21-10)11(16)12(18)19/h5,7,11,17H,4,6,8H2,1-3H3,(H,18,19). The largest absolute Gasteiger partial charge is 0.479 e. The van der Waals surface area contributed by atoms with Gasteiger partial charge in [-0.25, -0.2) is 9.59 Å². The van der Waals surface area contributed by atoms with Gasteiger partial charge in [-0.2, -0.15) is 0 Å². The molecule has 1 atom stereocenters. The van der Waals surface area contributed by atoms with E-state index in [0.29, 0.717) is 18.5 Å². The zero-order valence-electron chi connectivity index (χ0n) is 12.4. The summed E-state index contributed by atoms with van der Waals surface area (Å²) in [7, 11) is 1.58. The lowest BCUT2D eigenvalue weighted by Gasteiger charge is -2.41. The molecule has 0 aromatic carbocycles. The molecule has 2 rings (SSSR count). The third-order valence-electron chi connectivity index (χ3n) is 4.03. The van der Waals surface area contributed by atoms with Crippen molar-refractivity contribution in [3.63, 3.8) is 0 Å². The molecular formula is C14H20N2O4S. The second-order valence-corrected chi connectivity index (χ2v) is 6.80. The van der Waals surface area contributed by atoms with Crippen LogP contribution in [0.5, 0.6) is 0 Å². The van der Waals surface area contributed by atoms with E-state index >= 15 is 0 Å². The minimum absolute atomic E-state index is 0.190. The first kappa shape index (κ1) is 15.8. The van der Waals surface area contributed by atoms with Gasteiger partial charge in [-0.3, -0.25) is 0 Å². The van der Waals surface area contributed by atoms with E-state index in [-0.39, 0.29) is 12.6 Å². The van der Waals surface area contributed by atoms with Gasteiger partial charge in [-0.15, -0.1) is 11.3 Å². The number of fused-ring (bicyclic) bond motifs is 1. The molecule has 2 amide bonds. The SMILES string of the molecule is CN(C(=O)N1CCc2sccc2C1C(=O)O)C(C)(C)CO. The average Bonchev–Trinajstić information content (AvgIpc) is 2.92. The van der Waals surface area contributed by atoms with E-state index in [1.807, 2.05) is 5.38 Å². The van der Waals surface area contributed by atoms with Crippen LogP contribution in [0.25, 0.3) is 0 Å². The molecule has 0 saturated carbocycles. The number of carboxylic acid groups (broad SMARTS) is 1. The van der Waals surface area contributed by atoms with Gasteiger partial charge < -0.3 is 20.0 Å². The van der Waals surface area contributed by atoms with Crippen LogP contribution in [0.3, 0.4) is 0 Å². The molecule has 0 bridgehead atoms. The van der Waals surface area contributed by atoms with Crippen molar-refractivity contribution in [2.75, 3.05) is 20.2 Å². The number of thiophene rings is 1. The average molecular weight is 312 g/mol. The molecule has 0 radical (unpaired) electrons. The normalized spacial score (nSPS) is 18.3. The number of carboxylic acids is 1. The lowest BCUT2D eigenvalue weighted by Crippen LogP contribution is -2.55. The Balaban J connectivity index is 2.31. The maximum atomic E-state index is 12.6. The van der Waals surface area contributed by atoms with Crippen molar-refractivity contribution in [3.8, 4) is 0 Å². The molecular weight excluding hydrogens is 292 g/mol. The van der Waals surface area contributed by atoms with Crippen LogP contribution in [-0.2, 0) is 11.2 Å². The fraction of sp³-hybridized carbons (Fsp3) is 0.571. The third kappa shape index (κ3) is 2.75. The van der Waals surface area contributed by atoms with Crippen molar-refractivity contribution in [2.45, 2.75) is 31.8 Å². The van der Waals surface area contributed by atoms with Crippen LogP contribution in [0.2, 0.25) is 0 Å². The number of aliphatic hydroxyl groups excluding tert-OH is 1. The topological polar surface area (TPSA) is 81.1 Å². The quantitative estimate of drug-likeness (QED) is 0.887. The number of carbonyl (C=O) groups is 2. The van der Waals surface area contributed by atoms with Crippen LogP contribution in [-0.4, -0.2) is 57.8 Å². The number of rotatable bonds is 3. The van der Waals surface area contributed by atoms with E-state index in [9.17, 15) is 19.8 Å². The van der Waals surface area contributed by atoms with Gasteiger partial charge in [0.1, 0.15) is 0 Å². The summed E-state index contributed by atoms with van der Waals surface area (Å²) >= 11 is 1.52. The van der Waals surface area contributed by atoms with E-state index in [1.54, 1.807) is 27.0 Å². The van der Waals surface area contributed by atoms with E-state index < -0.39 is 17.6 Å². The van der Waals surface area contributed by atoms with Crippen LogP contribution >= 0.6 is 11.3 Å². The number of hydrogen-bond acceptors (Lipinski definition) is 4. The van der Waals surface area contributed by atoms with Gasteiger partial charge in [0.2, 0.25) is 0 Å². The number of aliphatic carboxylic acids is 1. The zero-order chi connectivity index (χ0) is 15.8. The van der Waals surface area contributed by atoms with Crippen molar-refractivity contribution in [2.24, 2.45) is 0 Å².